The summed E-state index contributed by atoms with van der Waals surface area (Å²) in [6, 6.07) is 2.22. The molecule has 0 aromatic carbocycles. The molecule has 0 unspecified atom stereocenters. The second kappa shape index (κ2) is 1.11. The molecule has 0 aromatic heterocycles. The maximum Gasteiger partial charge on any atom is 0.310 e. The van der Waals surface area contributed by atoms with Gasteiger partial charge in [-0.25, -0.2) is 4.74 Å². The van der Waals surface area contributed by atoms with Gasteiger partial charge in [-0.05, 0) is 4.99 Å². The monoisotopic (exact) mass is 84.0 g/mol. The van der Waals surface area contributed by atoms with Crippen molar-refractivity contribution in [3.63, 3.8) is 0 Å². The summed E-state index contributed by atoms with van der Waals surface area (Å²) in [7, 11) is 0. The van der Waals surface area contributed by atoms with E-state index in [9.17, 15) is 5.21 Å². The van der Waals surface area contributed by atoms with Crippen LogP contribution in [0.15, 0.2) is 4.99 Å². The predicted molar refractivity (Wildman–Crippen MR) is 20.8 cm³/mol. The van der Waals surface area contributed by atoms with Crippen molar-refractivity contribution in [3.8, 4) is 0 Å². The fraction of sp³-hybridized carbons (Fsp3) is 0.667. The van der Waals surface area contributed by atoms with Crippen LogP contribution in [0.1, 0.15) is 0 Å². The molecule has 32 valence electrons. The average Bonchev–Trinajstić information content (AvgIpc) is 1.86. The standard InChI is InChI=1S/C3H4N2O/c6-5-2-1-4-3-5/h1-2H2. The van der Waals surface area contributed by atoms with Crippen molar-refractivity contribution in [2.75, 3.05) is 13.1 Å². The SMILES string of the molecule is [O-][N+]1=C=NCC1. The van der Waals surface area contributed by atoms with Crippen LogP contribution >= 0.6 is 0 Å². The van der Waals surface area contributed by atoms with Gasteiger partial charge in [0, 0.05) is 0 Å². The molecule has 0 amide bonds. The number of hydrogen-bond donors (Lipinski definition) is 0. The summed E-state index contributed by atoms with van der Waals surface area (Å²) in [5, 5.41) is 9.95. The summed E-state index contributed by atoms with van der Waals surface area (Å²) in [4.78, 5) is 3.53. The van der Waals surface area contributed by atoms with E-state index < -0.39 is 0 Å². The van der Waals surface area contributed by atoms with Gasteiger partial charge < -0.3 is 5.21 Å². The van der Waals surface area contributed by atoms with Crippen molar-refractivity contribution in [1.29, 1.82) is 0 Å². The first-order valence-electron chi connectivity index (χ1n) is 1.76. The summed E-state index contributed by atoms with van der Waals surface area (Å²) < 4.78 is 0.694. The number of aliphatic imine (C=N–C) groups is 1. The van der Waals surface area contributed by atoms with Crippen LogP contribution < -0.4 is 0 Å². The van der Waals surface area contributed by atoms with Gasteiger partial charge in [0.1, 0.15) is 6.54 Å². The molecule has 6 heavy (non-hydrogen) atoms. The molecule has 3 heteroatoms. The molecule has 0 radical (unpaired) electrons. The first-order valence-corrected chi connectivity index (χ1v) is 1.76. The van der Waals surface area contributed by atoms with Crippen LogP contribution in [0.2, 0.25) is 0 Å². The maximum atomic E-state index is 9.95. The Morgan fingerprint density at radius 2 is 2.67 bits per heavy atom. The molecular weight excluding hydrogens is 80.0 g/mol. The molecule has 0 bridgehead atoms. The van der Waals surface area contributed by atoms with E-state index in [1.54, 1.807) is 0 Å². The molecule has 1 aliphatic rings. The third-order valence-electron chi connectivity index (χ3n) is 0.597. The third kappa shape index (κ3) is 0.396. The van der Waals surface area contributed by atoms with E-state index >= 15 is 0 Å². The van der Waals surface area contributed by atoms with E-state index in [0.29, 0.717) is 17.8 Å². The molecule has 3 nitrogen and oxygen atoms in total. The van der Waals surface area contributed by atoms with Gasteiger partial charge in [-0.3, -0.25) is 0 Å². The van der Waals surface area contributed by atoms with Crippen molar-refractivity contribution in [2.45, 2.75) is 0 Å². The highest BCUT2D eigenvalue weighted by molar-refractivity contribution is 5.35. The van der Waals surface area contributed by atoms with Crippen molar-refractivity contribution in [2.24, 2.45) is 4.99 Å². The second-order valence-corrected chi connectivity index (χ2v) is 1.08. The van der Waals surface area contributed by atoms with Gasteiger partial charge in [-0.2, -0.15) is 0 Å². The van der Waals surface area contributed by atoms with E-state index in [-0.39, 0.29) is 0 Å². The Hall–Kier alpha value is -0.820. The minimum atomic E-state index is 0.486. The zero-order valence-corrected chi connectivity index (χ0v) is 3.22. The number of nitrogens with zero attached hydrogens (tertiary/aromatic N) is 2. The first-order chi connectivity index (χ1) is 2.89. The molecule has 0 spiro atoms. The van der Waals surface area contributed by atoms with Crippen molar-refractivity contribution in [1.82, 2.24) is 0 Å². The van der Waals surface area contributed by atoms with Gasteiger partial charge in [0.05, 0.1) is 0 Å². The molecule has 0 saturated carbocycles. The zero-order valence-electron chi connectivity index (χ0n) is 3.22. The summed E-state index contributed by atoms with van der Waals surface area (Å²) in [6.45, 7) is 1.10. The van der Waals surface area contributed by atoms with Crippen LogP contribution in [-0.4, -0.2) is 23.8 Å². The lowest BCUT2D eigenvalue weighted by Crippen LogP contribution is -1.98. The summed E-state index contributed by atoms with van der Waals surface area (Å²) >= 11 is 0. The van der Waals surface area contributed by atoms with Crippen molar-refractivity contribution < 1.29 is 4.74 Å². The third-order valence-corrected chi connectivity index (χ3v) is 0.597. The molecule has 1 rings (SSSR count). The van der Waals surface area contributed by atoms with Crippen LogP contribution in [0.25, 0.3) is 0 Å². The minimum absolute atomic E-state index is 0.486. The van der Waals surface area contributed by atoms with Crippen molar-refractivity contribution in [3.05, 3.63) is 5.21 Å². The molecule has 1 heterocycles. The number of rotatable bonds is 0. The van der Waals surface area contributed by atoms with Gasteiger partial charge in [0.25, 0.3) is 0 Å². The van der Waals surface area contributed by atoms with Gasteiger partial charge in [-0.1, -0.05) is 0 Å². The highest BCUT2D eigenvalue weighted by Gasteiger charge is 1.95. The lowest BCUT2D eigenvalue weighted by Gasteiger charge is -1.91. The van der Waals surface area contributed by atoms with E-state index in [2.05, 4.69) is 11.0 Å². The van der Waals surface area contributed by atoms with Gasteiger partial charge in [-0.15, -0.1) is 0 Å². The largest absolute Gasteiger partial charge is 0.708 e. The lowest BCUT2D eigenvalue weighted by atomic mass is 10.7. The predicted octanol–water partition coefficient (Wildman–Crippen LogP) is -0.316. The van der Waals surface area contributed by atoms with Crippen LogP contribution in [-0.2, 0) is 0 Å². The molecule has 0 aliphatic carbocycles. The molecule has 0 atom stereocenters. The van der Waals surface area contributed by atoms with Crippen LogP contribution in [0, 0.1) is 5.21 Å². The topological polar surface area (TPSA) is 38.4 Å². The minimum Gasteiger partial charge on any atom is -0.708 e. The first kappa shape index (κ1) is 3.37. The Morgan fingerprint density at radius 1 is 1.83 bits per heavy atom. The van der Waals surface area contributed by atoms with Gasteiger partial charge in [0.15, 0.2) is 6.54 Å². The van der Waals surface area contributed by atoms with E-state index in [0.717, 1.165) is 0 Å². The molecule has 0 saturated heterocycles. The van der Waals surface area contributed by atoms with Gasteiger partial charge in [0.2, 0.25) is 0 Å². The second-order valence-electron chi connectivity index (χ2n) is 1.08. The summed E-state index contributed by atoms with van der Waals surface area (Å²) in [6.07, 6.45) is 0. The van der Waals surface area contributed by atoms with Crippen LogP contribution in [0.3, 0.4) is 0 Å². The fourth-order valence-corrected chi connectivity index (χ4v) is 0.320. The smallest absolute Gasteiger partial charge is 0.310 e. The highest BCUT2D eigenvalue weighted by atomic mass is 16.5. The van der Waals surface area contributed by atoms with E-state index in [4.69, 9.17) is 0 Å². The Morgan fingerprint density at radius 3 is 2.83 bits per heavy atom. The lowest BCUT2D eigenvalue weighted by molar-refractivity contribution is -0.441. The Labute approximate surface area is 35.2 Å². The maximum absolute atomic E-state index is 9.95. The van der Waals surface area contributed by atoms with E-state index in [1.165, 1.54) is 0 Å². The number of hydroxylamine groups is 1. The summed E-state index contributed by atoms with van der Waals surface area (Å²) in [5.74, 6) is 0. The van der Waals surface area contributed by atoms with E-state index in [1.807, 2.05) is 0 Å². The molecule has 0 N–H and O–H groups in total. The highest BCUT2D eigenvalue weighted by Crippen LogP contribution is 1.76. The fourth-order valence-electron chi connectivity index (χ4n) is 0.320. The molecule has 1 aliphatic heterocycles. The average molecular weight is 84.1 g/mol. The normalized spacial score (nSPS) is 18.3. The van der Waals surface area contributed by atoms with Crippen molar-refractivity contribution >= 4 is 6.01 Å². The Balaban J connectivity index is 2.71. The Kier molecular flexibility index (Phi) is 0.622. The quantitative estimate of drug-likeness (QED) is 0.293. The summed E-state index contributed by atoms with van der Waals surface area (Å²) in [5.41, 5.74) is 0. The zero-order chi connectivity index (χ0) is 4.41. The number of hydrogen-bond acceptors (Lipinski definition) is 2. The molecule has 0 aromatic rings. The Bertz CT molecular complexity index is 112. The van der Waals surface area contributed by atoms with Crippen LogP contribution in [0.4, 0.5) is 0 Å². The van der Waals surface area contributed by atoms with Crippen LogP contribution in [0.5, 0.6) is 0 Å². The molecular formula is C3H4N2O. The molecule has 0 fully saturated rings. The van der Waals surface area contributed by atoms with Gasteiger partial charge >= 0.3 is 6.01 Å².